The molecular formula is C21H31N3O4. The first kappa shape index (κ1) is 21.7. The number of benzene rings is 1. The highest BCUT2D eigenvalue weighted by Crippen LogP contribution is 2.21. The summed E-state index contributed by atoms with van der Waals surface area (Å²) in [6.45, 7) is 9.13. The summed E-state index contributed by atoms with van der Waals surface area (Å²) in [7, 11) is 0. The van der Waals surface area contributed by atoms with Gasteiger partial charge in [-0.2, -0.15) is 0 Å². The van der Waals surface area contributed by atoms with Gasteiger partial charge in [0.25, 0.3) is 0 Å². The van der Waals surface area contributed by atoms with Gasteiger partial charge in [-0.1, -0.05) is 17.7 Å². The molecule has 7 nitrogen and oxygen atoms in total. The van der Waals surface area contributed by atoms with Gasteiger partial charge in [0.2, 0.25) is 11.8 Å². The number of nitrogens with zero attached hydrogens (tertiary/aromatic N) is 2. The van der Waals surface area contributed by atoms with Gasteiger partial charge in [-0.05, 0) is 45.2 Å². The molecule has 3 amide bonds. The quantitative estimate of drug-likeness (QED) is 0.811. The van der Waals surface area contributed by atoms with Gasteiger partial charge < -0.3 is 19.9 Å². The standard InChI is InChI=1S/C21H31N3O4/c1-5-28-21(27)23-11-8-18(9-12-23)22-20(26)10-13-24(17(4)25)19-7-6-15(2)14-16(19)3/h6-7,14,18H,5,8-13H2,1-4H3,(H,22,26). The maximum Gasteiger partial charge on any atom is 0.409 e. The Morgan fingerprint density at radius 1 is 1.21 bits per heavy atom. The van der Waals surface area contributed by atoms with Gasteiger partial charge in [0.1, 0.15) is 0 Å². The van der Waals surface area contributed by atoms with E-state index in [4.69, 9.17) is 4.74 Å². The van der Waals surface area contributed by atoms with Crippen LogP contribution in [0.2, 0.25) is 0 Å². The summed E-state index contributed by atoms with van der Waals surface area (Å²) in [5.74, 6) is -0.159. The fourth-order valence-electron chi connectivity index (χ4n) is 3.49. The molecule has 1 fully saturated rings. The van der Waals surface area contributed by atoms with Gasteiger partial charge in [0.05, 0.1) is 6.61 Å². The van der Waals surface area contributed by atoms with E-state index >= 15 is 0 Å². The molecule has 0 saturated carbocycles. The average molecular weight is 389 g/mol. The Morgan fingerprint density at radius 2 is 1.89 bits per heavy atom. The summed E-state index contributed by atoms with van der Waals surface area (Å²) < 4.78 is 5.01. The molecule has 0 bridgehead atoms. The zero-order chi connectivity index (χ0) is 20.7. The van der Waals surface area contributed by atoms with Crippen LogP contribution in [0.4, 0.5) is 10.5 Å². The van der Waals surface area contributed by atoms with Crippen LogP contribution in [-0.4, -0.2) is 55.1 Å². The molecule has 1 saturated heterocycles. The molecule has 1 aliphatic heterocycles. The molecular weight excluding hydrogens is 358 g/mol. The number of carbonyl (C=O) groups is 3. The number of ether oxygens (including phenoxy) is 1. The van der Waals surface area contributed by atoms with Crippen molar-refractivity contribution in [3.05, 3.63) is 29.3 Å². The van der Waals surface area contributed by atoms with Crippen LogP contribution >= 0.6 is 0 Å². The topological polar surface area (TPSA) is 79.0 Å². The Labute approximate surface area is 167 Å². The zero-order valence-corrected chi connectivity index (χ0v) is 17.3. The third kappa shape index (κ3) is 5.97. The third-order valence-electron chi connectivity index (χ3n) is 4.97. The highest BCUT2D eigenvalue weighted by atomic mass is 16.6. The van der Waals surface area contributed by atoms with E-state index in [9.17, 15) is 14.4 Å². The van der Waals surface area contributed by atoms with Crippen LogP contribution in [0.25, 0.3) is 0 Å². The maximum absolute atomic E-state index is 12.4. The number of nitrogens with one attached hydrogen (secondary N) is 1. The predicted octanol–water partition coefficient (Wildman–Crippen LogP) is 2.78. The molecule has 2 rings (SSSR count). The molecule has 0 atom stereocenters. The fourth-order valence-corrected chi connectivity index (χ4v) is 3.49. The molecule has 0 aliphatic carbocycles. The molecule has 1 N–H and O–H groups in total. The summed E-state index contributed by atoms with van der Waals surface area (Å²) in [5, 5.41) is 3.02. The number of amides is 3. The molecule has 0 radical (unpaired) electrons. The molecule has 1 aromatic rings. The highest BCUT2D eigenvalue weighted by Gasteiger charge is 2.25. The van der Waals surface area contributed by atoms with Crippen LogP contribution in [0.1, 0.15) is 44.2 Å². The number of hydrogen-bond acceptors (Lipinski definition) is 4. The van der Waals surface area contributed by atoms with E-state index in [-0.39, 0.29) is 30.4 Å². The van der Waals surface area contributed by atoms with E-state index < -0.39 is 0 Å². The Kier molecular flexibility index (Phi) is 7.84. The lowest BCUT2D eigenvalue weighted by Crippen LogP contribution is -2.47. The lowest BCUT2D eigenvalue weighted by molar-refractivity contribution is -0.122. The summed E-state index contributed by atoms with van der Waals surface area (Å²) in [6, 6.07) is 5.97. The smallest absolute Gasteiger partial charge is 0.409 e. The molecule has 154 valence electrons. The third-order valence-corrected chi connectivity index (χ3v) is 4.97. The highest BCUT2D eigenvalue weighted by molar-refractivity contribution is 5.93. The first-order valence-corrected chi connectivity index (χ1v) is 9.88. The SMILES string of the molecule is CCOC(=O)N1CCC(NC(=O)CCN(C(C)=O)c2ccc(C)cc2C)CC1. The van der Waals surface area contributed by atoms with Crippen LogP contribution in [0.3, 0.4) is 0 Å². The summed E-state index contributed by atoms with van der Waals surface area (Å²) in [5.41, 5.74) is 2.99. The van der Waals surface area contributed by atoms with Crippen molar-refractivity contribution in [2.45, 2.75) is 53.0 Å². The van der Waals surface area contributed by atoms with Gasteiger partial charge >= 0.3 is 6.09 Å². The van der Waals surface area contributed by atoms with E-state index in [1.54, 1.807) is 16.7 Å². The molecule has 1 aliphatic rings. The Bertz CT molecular complexity index is 712. The molecule has 0 spiro atoms. The first-order chi connectivity index (χ1) is 13.3. The van der Waals surface area contributed by atoms with E-state index in [0.717, 1.165) is 16.8 Å². The van der Waals surface area contributed by atoms with Crippen LogP contribution < -0.4 is 10.2 Å². The number of likely N-dealkylation sites (tertiary alicyclic amines) is 1. The van der Waals surface area contributed by atoms with E-state index in [1.165, 1.54) is 6.92 Å². The molecule has 1 heterocycles. The molecule has 28 heavy (non-hydrogen) atoms. The summed E-state index contributed by atoms with van der Waals surface area (Å²) in [4.78, 5) is 39.5. The first-order valence-electron chi connectivity index (χ1n) is 9.88. The number of anilines is 1. The van der Waals surface area contributed by atoms with Gasteiger partial charge in [0, 0.05) is 44.7 Å². The second kappa shape index (κ2) is 10.1. The van der Waals surface area contributed by atoms with E-state index in [0.29, 0.717) is 39.1 Å². The van der Waals surface area contributed by atoms with Crippen LogP contribution in [0.15, 0.2) is 18.2 Å². The number of piperidine rings is 1. The average Bonchev–Trinajstić information content (AvgIpc) is 2.64. The molecule has 0 unspecified atom stereocenters. The van der Waals surface area contributed by atoms with Gasteiger partial charge in [-0.25, -0.2) is 4.79 Å². The van der Waals surface area contributed by atoms with Crippen molar-refractivity contribution in [2.24, 2.45) is 0 Å². The van der Waals surface area contributed by atoms with Gasteiger partial charge in [-0.3, -0.25) is 9.59 Å². The van der Waals surface area contributed by atoms with Crippen molar-refractivity contribution in [3.63, 3.8) is 0 Å². The lowest BCUT2D eigenvalue weighted by atomic mass is 10.1. The van der Waals surface area contributed by atoms with Crippen molar-refractivity contribution in [1.82, 2.24) is 10.2 Å². The van der Waals surface area contributed by atoms with Crippen molar-refractivity contribution >= 4 is 23.6 Å². The molecule has 0 aromatic heterocycles. The lowest BCUT2D eigenvalue weighted by Gasteiger charge is -2.31. The molecule has 1 aromatic carbocycles. The Balaban J connectivity index is 1.84. The van der Waals surface area contributed by atoms with E-state index in [1.807, 2.05) is 32.0 Å². The summed E-state index contributed by atoms with van der Waals surface area (Å²) >= 11 is 0. The Hall–Kier alpha value is -2.57. The van der Waals surface area contributed by atoms with Crippen molar-refractivity contribution in [2.75, 3.05) is 31.1 Å². The Morgan fingerprint density at radius 3 is 2.46 bits per heavy atom. The summed E-state index contributed by atoms with van der Waals surface area (Å²) in [6.07, 6.45) is 1.36. The fraction of sp³-hybridized carbons (Fsp3) is 0.571. The van der Waals surface area contributed by atoms with Crippen LogP contribution in [-0.2, 0) is 14.3 Å². The van der Waals surface area contributed by atoms with Crippen LogP contribution in [0.5, 0.6) is 0 Å². The second-order valence-electron chi connectivity index (χ2n) is 7.24. The predicted molar refractivity (Wildman–Crippen MR) is 108 cm³/mol. The largest absolute Gasteiger partial charge is 0.450 e. The number of hydrogen-bond donors (Lipinski definition) is 1. The number of aryl methyl sites for hydroxylation is 2. The molecule has 7 heteroatoms. The van der Waals surface area contributed by atoms with Gasteiger partial charge in [-0.15, -0.1) is 0 Å². The van der Waals surface area contributed by atoms with Crippen molar-refractivity contribution < 1.29 is 19.1 Å². The monoisotopic (exact) mass is 389 g/mol. The second-order valence-corrected chi connectivity index (χ2v) is 7.24. The van der Waals surface area contributed by atoms with Crippen molar-refractivity contribution in [3.8, 4) is 0 Å². The van der Waals surface area contributed by atoms with Crippen LogP contribution in [0, 0.1) is 13.8 Å². The van der Waals surface area contributed by atoms with E-state index in [2.05, 4.69) is 5.32 Å². The number of carbonyl (C=O) groups excluding carboxylic acids is 3. The zero-order valence-electron chi connectivity index (χ0n) is 17.3. The number of rotatable bonds is 6. The van der Waals surface area contributed by atoms with Gasteiger partial charge in [0.15, 0.2) is 0 Å². The minimum absolute atomic E-state index is 0.0464. The van der Waals surface area contributed by atoms with Crippen molar-refractivity contribution in [1.29, 1.82) is 0 Å². The maximum atomic E-state index is 12.4. The normalized spacial score (nSPS) is 14.5. The minimum Gasteiger partial charge on any atom is -0.450 e. The minimum atomic E-state index is -0.294.